The Kier molecular flexibility index (Phi) is 5.31. The molecule has 1 rings (SSSR count). The smallest absolute Gasteiger partial charge is 0.340 e. The third kappa shape index (κ3) is 3.85. The van der Waals surface area contributed by atoms with E-state index in [4.69, 9.17) is 0 Å². The van der Waals surface area contributed by atoms with Gasteiger partial charge in [0.1, 0.15) is 11.4 Å². The average molecular weight is 271 g/mol. The number of amides is 1. The van der Waals surface area contributed by atoms with Gasteiger partial charge < -0.3 is 14.8 Å². The van der Waals surface area contributed by atoms with Gasteiger partial charge in [0.05, 0.1) is 19.3 Å². The van der Waals surface area contributed by atoms with Gasteiger partial charge in [0.2, 0.25) is 5.91 Å². The van der Waals surface area contributed by atoms with Crippen LogP contribution < -0.4 is 5.32 Å². The van der Waals surface area contributed by atoms with Crippen LogP contribution in [0.1, 0.15) is 23.7 Å². The molecule has 0 fully saturated rings. The highest BCUT2D eigenvalue weighted by molar-refractivity contribution is 7.14. The maximum Gasteiger partial charge on any atom is 0.340 e. The number of carbonyl (C=O) groups excluding carboxylic acids is 3. The van der Waals surface area contributed by atoms with Crippen LogP contribution in [0.3, 0.4) is 0 Å². The highest BCUT2D eigenvalue weighted by Crippen LogP contribution is 2.23. The quantitative estimate of drug-likeness (QED) is 0.647. The maximum absolute atomic E-state index is 11.5. The van der Waals surface area contributed by atoms with Gasteiger partial charge in [-0.15, -0.1) is 11.3 Å². The van der Waals surface area contributed by atoms with E-state index in [2.05, 4.69) is 14.8 Å². The summed E-state index contributed by atoms with van der Waals surface area (Å²) < 4.78 is 9.20. The van der Waals surface area contributed by atoms with Gasteiger partial charge in [0.25, 0.3) is 0 Å². The topological polar surface area (TPSA) is 81.7 Å². The summed E-state index contributed by atoms with van der Waals surface area (Å²) in [5.74, 6) is -1.67. The van der Waals surface area contributed by atoms with Gasteiger partial charge in [0.15, 0.2) is 0 Å². The molecular formula is C11H13NO5S. The van der Waals surface area contributed by atoms with Crippen molar-refractivity contribution < 1.29 is 23.9 Å². The number of rotatable bonds is 5. The molecule has 0 spiro atoms. The number of ether oxygens (including phenoxy) is 2. The van der Waals surface area contributed by atoms with Crippen molar-refractivity contribution in [1.29, 1.82) is 0 Å². The van der Waals surface area contributed by atoms with Crippen LogP contribution in [0.5, 0.6) is 0 Å². The van der Waals surface area contributed by atoms with Gasteiger partial charge in [-0.2, -0.15) is 0 Å². The summed E-state index contributed by atoms with van der Waals surface area (Å²) in [6, 6.07) is 1.54. The van der Waals surface area contributed by atoms with Crippen LogP contribution in [0, 0.1) is 0 Å². The van der Waals surface area contributed by atoms with Crippen molar-refractivity contribution in [1.82, 2.24) is 0 Å². The lowest BCUT2D eigenvalue weighted by Crippen LogP contribution is -2.18. The number of nitrogens with one attached hydrogen (secondary N) is 1. The van der Waals surface area contributed by atoms with Crippen LogP contribution in [0.25, 0.3) is 0 Å². The lowest BCUT2D eigenvalue weighted by atomic mass is 10.3. The lowest BCUT2D eigenvalue weighted by molar-refractivity contribution is -0.145. The van der Waals surface area contributed by atoms with E-state index in [0.29, 0.717) is 5.00 Å². The summed E-state index contributed by atoms with van der Waals surface area (Å²) in [5.41, 5.74) is 0.264. The average Bonchev–Trinajstić information content (AvgIpc) is 2.76. The second kappa shape index (κ2) is 6.75. The molecule has 1 aromatic heterocycles. The van der Waals surface area contributed by atoms with Crippen molar-refractivity contribution in [3.05, 3.63) is 17.0 Å². The molecule has 0 atom stereocenters. The van der Waals surface area contributed by atoms with Crippen LogP contribution in [0.2, 0.25) is 0 Å². The molecule has 0 saturated heterocycles. The minimum atomic E-state index is -0.605. The molecule has 0 aliphatic carbocycles. The highest BCUT2D eigenvalue weighted by atomic mass is 32.1. The van der Waals surface area contributed by atoms with Crippen LogP contribution in [0.15, 0.2) is 11.4 Å². The van der Waals surface area contributed by atoms with Crippen LogP contribution in [0.4, 0.5) is 5.00 Å². The largest absolute Gasteiger partial charge is 0.466 e. The van der Waals surface area contributed by atoms with E-state index in [-0.39, 0.29) is 18.6 Å². The minimum Gasteiger partial charge on any atom is -0.466 e. The van der Waals surface area contributed by atoms with E-state index in [1.807, 2.05) is 0 Å². The number of esters is 2. The summed E-state index contributed by atoms with van der Waals surface area (Å²) in [7, 11) is 1.25. The van der Waals surface area contributed by atoms with E-state index in [1.54, 1.807) is 12.3 Å². The molecule has 6 nitrogen and oxygen atoms in total. The molecule has 0 aromatic carbocycles. The number of thiophene rings is 1. The van der Waals surface area contributed by atoms with E-state index in [0.717, 1.165) is 0 Å². The van der Waals surface area contributed by atoms with Gasteiger partial charge in [-0.25, -0.2) is 4.79 Å². The Morgan fingerprint density at radius 2 is 2.11 bits per heavy atom. The van der Waals surface area contributed by atoms with Crippen molar-refractivity contribution >= 4 is 34.2 Å². The molecule has 18 heavy (non-hydrogen) atoms. The Bertz CT molecular complexity index is 454. The fourth-order valence-corrected chi connectivity index (χ4v) is 1.98. The molecular weight excluding hydrogens is 258 g/mol. The second-order valence-electron chi connectivity index (χ2n) is 3.18. The SMILES string of the molecule is CCOC(=O)CC(=O)Nc1sccc1C(=O)OC. The summed E-state index contributed by atoms with van der Waals surface area (Å²) in [6.45, 7) is 1.88. The second-order valence-corrected chi connectivity index (χ2v) is 4.10. The molecule has 0 unspecified atom stereocenters. The molecule has 1 heterocycles. The standard InChI is InChI=1S/C11H13NO5S/c1-3-17-9(14)6-8(13)12-10-7(4-5-18-10)11(15)16-2/h4-5H,3,6H2,1-2H3,(H,12,13). The molecule has 0 radical (unpaired) electrons. The fourth-order valence-electron chi connectivity index (χ4n) is 1.19. The number of carbonyl (C=O) groups is 3. The molecule has 1 N–H and O–H groups in total. The summed E-state index contributed by atoms with van der Waals surface area (Å²) in [5, 5.41) is 4.48. The van der Waals surface area contributed by atoms with Crippen molar-refractivity contribution in [3.8, 4) is 0 Å². The van der Waals surface area contributed by atoms with Crippen molar-refractivity contribution in [2.45, 2.75) is 13.3 Å². The zero-order valence-corrected chi connectivity index (χ0v) is 10.8. The Morgan fingerprint density at radius 3 is 2.72 bits per heavy atom. The zero-order valence-electron chi connectivity index (χ0n) is 10.0. The van der Waals surface area contributed by atoms with Crippen molar-refractivity contribution in [3.63, 3.8) is 0 Å². The number of hydrogen-bond acceptors (Lipinski definition) is 6. The van der Waals surface area contributed by atoms with E-state index < -0.39 is 17.8 Å². The first-order chi connectivity index (χ1) is 8.58. The van der Waals surface area contributed by atoms with Crippen LogP contribution in [-0.4, -0.2) is 31.6 Å². The number of methoxy groups -OCH3 is 1. The van der Waals surface area contributed by atoms with Gasteiger partial charge in [-0.05, 0) is 18.4 Å². The Hall–Kier alpha value is -1.89. The predicted octanol–water partition coefficient (Wildman–Crippen LogP) is 1.43. The van der Waals surface area contributed by atoms with Gasteiger partial charge >= 0.3 is 11.9 Å². The molecule has 1 amide bonds. The first-order valence-corrected chi connectivity index (χ1v) is 6.07. The third-order valence-electron chi connectivity index (χ3n) is 1.93. The Labute approximate surface area is 108 Å². The summed E-state index contributed by atoms with van der Waals surface area (Å²) in [4.78, 5) is 33.9. The van der Waals surface area contributed by atoms with Gasteiger partial charge in [-0.1, -0.05) is 0 Å². The van der Waals surface area contributed by atoms with Crippen molar-refractivity contribution in [2.75, 3.05) is 19.0 Å². The summed E-state index contributed by atoms with van der Waals surface area (Å²) in [6.07, 6.45) is -0.383. The van der Waals surface area contributed by atoms with Crippen molar-refractivity contribution in [2.24, 2.45) is 0 Å². The fraction of sp³-hybridized carbons (Fsp3) is 0.364. The third-order valence-corrected chi connectivity index (χ3v) is 2.76. The van der Waals surface area contributed by atoms with E-state index in [1.165, 1.54) is 24.5 Å². The molecule has 0 saturated carbocycles. The van der Waals surface area contributed by atoms with Crippen LogP contribution in [-0.2, 0) is 19.1 Å². The first-order valence-electron chi connectivity index (χ1n) is 5.19. The molecule has 1 aromatic rings. The Balaban J connectivity index is 2.62. The number of hydrogen-bond donors (Lipinski definition) is 1. The van der Waals surface area contributed by atoms with Crippen LogP contribution >= 0.6 is 11.3 Å². The molecule has 7 heteroatoms. The monoisotopic (exact) mass is 271 g/mol. The number of anilines is 1. The predicted molar refractivity (Wildman–Crippen MR) is 65.5 cm³/mol. The highest BCUT2D eigenvalue weighted by Gasteiger charge is 2.17. The maximum atomic E-state index is 11.5. The van der Waals surface area contributed by atoms with E-state index >= 15 is 0 Å². The zero-order chi connectivity index (χ0) is 13.5. The molecule has 0 aliphatic heterocycles. The molecule has 98 valence electrons. The van der Waals surface area contributed by atoms with Gasteiger partial charge in [0, 0.05) is 0 Å². The lowest BCUT2D eigenvalue weighted by Gasteiger charge is -2.05. The molecule has 0 bridgehead atoms. The normalized spacial score (nSPS) is 9.67. The summed E-state index contributed by atoms with van der Waals surface area (Å²) >= 11 is 1.18. The minimum absolute atomic E-state index is 0.221. The Morgan fingerprint density at radius 1 is 1.39 bits per heavy atom. The first kappa shape index (κ1) is 14.2. The molecule has 0 aliphatic rings. The van der Waals surface area contributed by atoms with E-state index in [9.17, 15) is 14.4 Å². The van der Waals surface area contributed by atoms with Gasteiger partial charge in [-0.3, -0.25) is 9.59 Å².